The molecule has 9 heteroatoms. The highest BCUT2D eigenvalue weighted by atomic mass is 16.5. The van der Waals surface area contributed by atoms with Crippen LogP contribution >= 0.6 is 0 Å². The number of carbonyl (C=O) groups excluding carboxylic acids is 1. The van der Waals surface area contributed by atoms with Gasteiger partial charge in [-0.1, -0.05) is 13.0 Å². The number of nitrogens with one attached hydrogen (secondary N) is 2. The number of H-pyrrole nitrogens is 1. The molecule has 0 atom stereocenters. The van der Waals surface area contributed by atoms with E-state index in [1.165, 1.54) is 0 Å². The van der Waals surface area contributed by atoms with Gasteiger partial charge in [0.05, 0.1) is 25.5 Å². The molecule has 1 amide bonds. The Morgan fingerprint density at radius 3 is 3.03 bits per heavy atom. The van der Waals surface area contributed by atoms with E-state index < -0.39 is 0 Å². The molecule has 0 fully saturated rings. The molecule has 0 spiro atoms. The van der Waals surface area contributed by atoms with Crippen LogP contribution in [0.5, 0.6) is 11.6 Å². The number of aromatic amines is 1. The van der Waals surface area contributed by atoms with E-state index in [9.17, 15) is 4.79 Å². The topological polar surface area (TPSA) is 107 Å². The number of ether oxygens (including phenoxy) is 2. The molecule has 9 nitrogen and oxygen atoms in total. The highest BCUT2D eigenvalue weighted by Crippen LogP contribution is 2.29. The summed E-state index contributed by atoms with van der Waals surface area (Å²) >= 11 is 0. The smallest absolute Gasteiger partial charge is 0.238 e. The molecule has 0 radical (unpaired) electrons. The monoisotopic (exact) mass is 406 g/mol. The van der Waals surface area contributed by atoms with Crippen molar-refractivity contribution >= 4 is 22.8 Å². The minimum absolute atomic E-state index is 0.0589. The molecule has 0 aliphatic carbocycles. The van der Waals surface area contributed by atoms with E-state index in [0.717, 1.165) is 11.1 Å². The third-order valence-corrected chi connectivity index (χ3v) is 4.49. The number of hydrogen-bond acceptors (Lipinski definition) is 6. The van der Waals surface area contributed by atoms with Gasteiger partial charge in [-0.2, -0.15) is 5.10 Å². The third-order valence-electron chi connectivity index (χ3n) is 4.49. The molecule has 154 valence electrons. The Morgan fingerprint density at radius 1 is 1.30 bits per heavy atom. The SMILES string of the molecule is CCC(=O)Nc1cccc(Oc2cnc3[nH]cc(-c4cnn(CCOC)c4)c3n2)c1. The van der Waals surface area contributed by atoms with Crippen molar-refractivity contribution in [3.63, 3.8) is 0 Å². The van der Waals surface area contributed by atoms with Crippen LogP contribution in [0.25, 0.3) is 22.3 Å². The molecule has 0 aliphatic rings. The molecule has 2 N–H and O–H groups in total. The highest BCUT2D eigenvalue weighted by molar-refractivity contribution is 5.91. The van der Waals surface area contributed by atoms with Crippen molar-refractivity contribution in [1.29, 1.82) is 0 Å². The maximum Gasteiger partial charge on any atom is 0.238 e. The number of rotatable bonds is 8. The number of carbonyl (C=O) groups is 1. The molecule has 0 saturated carbocycles. The molecule has 3 aromatic heterocycles. The van der Waals surface area contributed by atoms with Crippen LogP contribution in [0.1, 0.15) is 13.3 Å². The number of aromatic nitrogens is 5. The first-order chi connectivity index (χ1) is 14.7. The molecule has 4 rings (SSSR count). The second-order valence-electron chi connectivity index (χ2n) is 6.62. The molecule has 0 saturated heterocycles. The lowest BCUT2D eigenvalue weighted by atomic mass is 10.2. The molecule has 4 aromatic rings. The molecule has 30 heavy (non-hydrogen) atoms. The Labute approximate surface area is 173 Å². The second-order valence-corrected chi connectivity index (χ2v) is 6.62. The van der Waals surface area contributed by atoms with Crippen LogP contribution in [0, 0.1) is 0 Å². The Balaban J connectivity index is 1.58. The number of nitrogens with zero attached hydrogens (tertiary/aromatic N) is 4. The van der Waals surface area contributed by atoms with E-state index >= 15 is 0 Å². The first-order valence-electron chi connectivity index (χ1n) is 9.60. The molecule has 3 heterocycles. The van der Waals surface area contributed by atoms with Gasteiger partial charge in [-0.05, 0) is 12.1 Å². The number of benzene rings is 1. The first kappa shape index (κ1) is 19.6. The summed E-state index contributed by atoms with van der Waals surface area (Å²) in [7, 11) is 1.66. The predicted octanol–water partition coefficient (Wildman–Crippen LogP) is 3.61. The normalized spacial score (nSPS) is 11.0. The van der Waals surface area contributed by atoms with Crippen molar-refractivity contribution < 1.29 is 14.3 Å². The summed E-state index contributed by atoms with van der Waals surface area (Å²) in [5.74, 6) is 0.854. The fraction of sp³-hybridized carbons (Fsp3) is 0.238. The minimum Gasteiger partial charge on any atom is -0.437 e. The van der Waals surface area contributed by atoms with Crippen molar-refractivity contribution in [2.75, 3.05) is 19.0 Å². The molecule has 0 unspecified atom stereocenters. The van der Waals surface area contributed by atoms with Gasteiger partial charge in [0.2, 0.25) is 11.8 Å². The summed E-state index contributed by atoms with van der Waals surface area (Å²) in [6.07, 6.45) is 7.55. The largest absolute Gasteiger partial charge is 0.437 e. The number of methoxy groups -OCH3 is 1. The van der Waals surface area contributed by atoms with Crippen LogP contribution in [0.4, 0.5) is 5.69 Å². The van der Waals surface area contributed by atoms with E-state index in [-0.39, 0.29) is 5.91 Å². The molecular weight excluding hydrogens is 384 g/mol. The van der Waals surface area contributed by atoms with Crippen molar-refractivity contribution in [3.8, 4) is 22.8 Å². The van der Waals surface area contributed by atoms with E-state index in [4.69, 9.17) is 9.47 Å². The van der Waals surface area contributed by atoms with Crippen LogP contribution in [0.15, 0.2) is 49.1 Å². The van der Waals surface area contributed by atoms with Crippen molar-refractivity contribution in [3.05, 3.63) is 49.1 Å². The van der Waals surface area contributed by atoms with E-state index in [0.29, 0.717) is 48.1 Å². The maximum absolute atomic E-state index is 11.6. The van der Waals surface area contributed by atoms with Crippen molar-refractivity contribution in [1.82, 2.24) is 24.7 Å². The fourth-order valence-electron chi connectivity index (χ4n) is 2.96. The van der Waals surface area contributed by atoms with Gasteiger partial charge in [0, 0.05) is 48.8 Å². The van der Waals surface area contributed by atoms with E-state index in [1.54, 1.807) is 44.6 Å². The maximum atomic E-state index is 11.6. The molecule has 1 aromatic carbocycles. The summed E-state index contributed by atoms with van der Waals surface area (Å²) in [4.78, 5) is 23.8. The summed E-state index contributed by atoms with van der Waals surface area (Å²) in [5.41, 5.74) is 3.82. The van der Waals surface area contributed by atoms with Gasteiger partial charge in [0.15, 0.2) is 5.65 Å². The average Bonchev–Trinajstić information content (AvgIpc) is 3.38. The lowest BCUT2D eigenvalue weighted by Gasteiger charge is -2.08. The highest BCUT2D eigenvalue weighted by Gasteiger charge is 2.13. The zero-order valence-corrected chi connectivity index (χ0v) is 16.8. The number of hydrogen-bond donors (Lipinski definition) is 2. The Hall–Kier alpha value is -3.72. The summed E-state index contributed by atoms with van der Waals surface area (Å²) in [6, 6.07) is 7.16. The van der Waals surface area contributed by atoms with Gasteiger partial charge in [0.25, 0.3) is 0 Å². The van der Waals surface area contributed by atoms with Crippen LogP contribution < -0.4 is 10.1 Å². The quantitative estimate of drug-likeness (QED) is 0.463. The Morgan fingerprint density at radius 2 is 2.20 bits per heavy atom. The zero-order chi connectivity index (χ0) is 20.9. The number of fused-ring (bicyclic) bond motifs is 1. The minimum atomic E-state index is -0.0589. The van der Waals surface area contributed by atoms with Gasteiger partial charge in [-0.15, -0.1) is 0 Å². The van der Waals surface area contributed by atoms with Crippen molar-refractivity contribution in [2.24, 2.45) is 0 Å². The second kappa shape index (κ2) is 8.75. The van der Waals surface area contributed by atoms with Gasteiger partial charge >= 0.3 is 0 Å². The summed E-state index contributed by atoms with van der Waals surface area (Å²) in [6.45, 7) is 3.06. The third kappa shape index (κ3) is 4.31. The summed E-state index contributed by atoms with van der Waals surface area (Å²) in [5, 5.41) is 7.17. The standard InChI is InChI=1S/C21H22N6O3/c1-3-18(28)25-15-5-4-6-16(9-15)30-19-12-23-21-20(26-19)17(11-22-21)14-10-24-27(13-14)7-8-29-2/h4-6,9-13H,3,7-8H2,1-2H3,(H,22,23)(H,25,28). The Kier molecular flexibility index (Phi) is 5.71. The fourth-order valence-corrected chi connectivity index (χ4v) is 2.96. The van der Waals surface area contributed by atoms with Crippen molar-refractivity contribution in [2.45, 2.75) is 19.9 Å². The van der Waals surface area contributed by atoms with Crippen LogP contribution in [0.3, 0.4) is 0 Å². The zero-order valence-electron chi connectivity index (χ0n) is 16.8. The van der Waals surface area contributed by atoms with E-state index in [2.05, 4.69) is 25.4 Å². The van der Waals surface area contributed by atoms with Gasteiger partial charge in [0.1, 0.15) is 11.3 Å². The first-order valence-corrected chi connectivity index (χ1v) is 9.60. The summed E-state index contributed by atoms with van der Waals surface area (Å²) < 4.78 is 12.8. The molecule has 0 bridgehead atoms. The lowest BCUT2D eigenvalue weighted by Crippen LogP contribution is -2.09. The Bertz CT molecular complexity index is 1170. The van der Waals surface area contributed by atoms with E-state index in [1.807, 2.05) is 23.1 Å². The lowest BCUT2D eigenvalue weighted by molar-refractivity contribution is -0.115. The van der Waals surface area contributed by atoms with Crippen LogP contribution in [-0.2, 0) is 16.1 Å². The molecule has 0 aliphatic heterocycles. The predicted molar refractivity (Wildman–Crippen MR) is 112 cm³/mol. The average molecular weight is 406 g/mol. The van der Waals surface area contributed by atoms with Gasteiger partial charge < -0.3 is 19.8 Å². The van der Waals surface area contributed by atoms with Gasteiger partial charge in [-0.3, -0.25) is 9.48 Å². The molecular formula is C21H22N6O3. The number of amides is 1. The van der Waals surface area contributed by atoms with Crippen LogP contribution in [-0.4, -0.2) is 44.4 Å². The van der Waals surface area contributed by atoms with Crippen LogP contribution in [0.2, 0.25) is 0 Å². The number of anilines is 1. The van der Waals surface area contributed by atoms with Gasteiger partial charge in [-0.25, -0.2) is 9.97 Å².